The van der Waals surface area contributed by atoms with E-state index in [0.717, 1.165) is 5.56 Å². The van der Waals surface area contributed by atoms with Crippen LogP contribution in [0.5, 0.6) is 5.75 Å². The van der Waals surface area contributed by atoms with Crippen LogP contribution in [-0.2, 0) is 0 Å². The van der Waals surface area contributed by atoms with Gasteiger partial charge in [-0.25, -0.2) is 0 Å². The lowest BCUT2D eigenvalue weighted by Crippen LogP contribution is -2.05. The second-order valence-corrected chi connectivity index (χ2v) is 5.13. The monoisotopic (exact) mass is 338 g/mol. The van der Waals surface area contributed by atoms with Gasteiger partial charge >= 0.3 is 0 Å². The number of nitro benzene ring substituents is 1. The number of benzene rings is 2. The van der Waals surface area contributed by atoms with Gasteiger partial charge in [0.2, 0.25) is 0 Å². The van der Waals surface area contributed by atoms with Gasteiger partial charge in [-0.3, -0.25) is 30.1 Å². The van der Waals surface area contributed by atoms with Crippen LogP contribution >= 0.6 is 0 Å². The lowest BCUT2D eigenvalue weighted by Gasteiger charge is -2.03. The fourth-order valence-corrected chi connectivity index (χ4v) is 2.30. The van der Waals surface area contributed by atoms with Crippen LogP contribution in [0.15, 0.2) is 58.3 Å². The lowest BCUT2D eigenvalue weighted by atomic mass is 10.1. The molecule has 0 atom stereocenters. The van der Waals surface area contributed by atoms with Crippen molar-refractivity contribution in [2.45, 2.75) is 0 Å². The number of aromatic nitrogens is 2. The summed E-state index contributed by atoms with van der Waals surface area (Å²) >= 11 is 0. The Balaban J connectivity index is 1.94. The Morgan fingerprint density at radius 3 is 2.60 bits per heavy atom. The molecule has 2 N–H and O–H groups in total. The van der Waals surface area contributed by atoms with Crippen LogP contribution in [0.1, 0.15) is 5.56 Å². The molecule has 126 valence electrons. The van der Waals surface area contributed by atoms with Crippen molar-refractivity contribution in [2.24, 2.45) is 4.99 Å². The third kappa shape index (κ3) is 3.47. The van der Waals surface area contributed by atoms with Gasteiger partial charge in [-0.05, 0) is 24.3 Å². The molecule has 0 aliphatic rings. The summed E-state index contributed by atoms with van der Waals surface area (Å²) in [6.45, 7) is 0. The maximum absolute atomic E-state index is 12.0. The van der Waals surface area contributed by atoms with E-state index in [1.807, 2.05) is 12.1 Å². The summed E-state index contributed by atoms with van der Waals surface area (Å²) in [6, 6.07) is 13.0. The summed E-state index contributed by atoms with van der Waals surface area (Å²) in [6.07, 6.45) is 1.42. The first-order valence-corrected chi connectivity index (χ1v) is 7.32. The largest absolute Gasteiger partial charge is 0.497 e. The highest BCUT2D eigenvalue weighted by atomic mass is 16.6. The number of nitrogens with zero attached hydrogens (tertiary/aromatic N) is 2. The molecule has 8 heteroatoms. The number of nitro groups is 1. The summed E-state index contributed by atoms with van der Waals surface area (Å²) in [5.74, 6) is 0.665. The van der Waals surface area contributed by atoms with Crippen LogP contribution in [0.3, 0.4) is 0 Å². The number of hydrogen-bond acceptors (Lipinski definition) is 5. The molecule has 25 heavy (non-hydrogen) atoms. The van der Waals surface area contributed by atoms with Crippen molar-refractivity contribution in [3.63, 3.8) is 0 Å². The Bertz CT molecular complexity index is 986. The summed E-state index contributed by atoms with van der Waals surface area (Å²) in [7, 11) is 1.57. The third-order valence-corrected chi connectivity index (χ3v) is 3.58. The van der Waals surface area contributed by atoms with Gasteiger partial charge < -0.3 is 4.74 Å². The Kier molecular flexibility index (Phi) is 4.42. The number of hydrogen-bond donors (Lipinski definition) is 2. The van der Waals surface area contributed by atoms with Crippen molar-refractivity contribution in [3.05, 3.63) is 74.6 Å². The molecule has 0 saturated heterocycles. The molecular formula is C17H14N4O4. The normalized spacial score (nSPS) is 10.9. The second-order valence-electron chi connectivity index (χ2n) is 5.13. The van der Waals surface area contributed by atoms with Crippen molar-refractivity contribution in [1.29, 1.82) is 0 Å². The summed E-state index contributed by atoms with van der Waals surface area (Å²) in [5.41, 5.74) is 1.87. The zero-order valence-electron chi connectivity index (χ0n) is 13.2. The minimum Gasteiger partial charge on any atom is -0.497 e. The first kappa shape index (κ1) is 16.2. The quantitative estimate of drug-likeness (QED) is 0.423. The molecule has 0 spiro atoms. The number of aliphatic imine (C=N–C) groups is 1. The van der Waals surface area contributed by atoms with Gasteiger partial charge in [0, 0.05) is 23.9 Å². The molecule has 0 bridgehead atoms. The van der Waals surface area contributed by atoms with Crippen molar-refractivity contribution in [3.8, 4) is 17.0 Å². The Morgan fingerprint density at radius 2 is 1.92 bits per heavy atom. The lowest BCUT2D eigenvalue weighted by molar-refractivity contribution is -0.384. The molecule has 0 saturated carbocycles. The topological polar surface area (TPSA) is 113 Å². The van der Waals surface area contributed by atoms with E-state index < -0.39 is 4.92 Å². The highest BCUT2D eigenvalue weighted by Gasteiger charge is 2.11. The van der Waals surface area contributed by atoms with Crippen molar-refractivity contribution >= 4 is 17.6 Å². The Hall–Kier alpha value is -3.68. The van der Waals surface area contributed by atoms with Gasteiger partial charge in [0.25, 0.3) is 11.2 Å². The molecule has 0 radical (unpaired) electrons. The molecule has 0 aliphatic carbocycles. The average Bonchev–Trinajstić information content (AvgIpc) is 3.01. The van der Waals surface area contributed by atoms with Crippen molar-refractivity contribution in [2.75, 3.05) is 7.11 Å². The van der Waals surface area contributed by atoms with Crippen LogP contribution in [-0.4, -0.2) is 28.4 Å². The molecule has 3 aromatic rings. The standard InChI is InChI=1S/C17H14N4O4/c1-25-14-4-2-3-11(9-14)16-15(17(22)20-19-16)10-18-12-5-7-13(8-6-12)21(23)24/h2-10H,1H3,(H2,19,20,22). The molecule has 0 unspecified atom stereocenters. The number of methoxy groups -OCH3 is 1. The minimum absolute atomic E-state index is 0.0180. The number of aromatic amines is 2. The number of non-ortho nitro benzene ring substituents is 1. The van der Waals surface area contributed by atoms with E-state index in [-0.39, 0.29) is 11.2 Å². The molecular weight excluding hydrogens is 324 g/mol. The molecule has 8 nitrogen and oxygen atoms in total. The predicted molar refractivity (Wildman–Crippen MR) is 93.8 cm³/mol. The zero-order valence-corrected chi connectivity index (χ0v) is 13.2. The van der Waals surface area contributed by atoms with Gasteiger partial charge in [-0.15, -0.1) is 0 Å². The van der Waals surface area contributed by atoms with Gasteiger partial charge in [0.1, 0.15) is 5.75 Å². The summed E-state index contributed by atoms with van der Waals surface area (Å²) in [5, 5.41) is 16.0. The van der Waals surface area contributed by atoms with Crippen LogP contribution in [0.25, 0.3) is 11.3 Å². The number of ether oxygens (including phenoxy) is 1. The molecule has 3 rings (SSSR count). The van der Waals surface area contributed by atoms with Crippen LogP contribution in [0, 0.1) is 10.1 Å². The highest BCUT2D eigenvalue weighted by molar-refractivity contribution is 5.90. The van der Waals surface area contributed by atoms with E-state index in [1.54, 1.807) is 19.2 Å². The highest BCUT2D eigenvalue weighted by Crippen LogP contribution is 2.23. The fraction of sp³-hybridized carbons (Fsp3) is 0.0588. The first-order valence-electron chi connectivity index (χ1n) is 7.32. The maximum atomic E-state index is 12.0. The van der Waals surface area contributed by atoms with Gasteiger partial charge in [-0.1, -0.05) is 12.1 Å². The summed E-state index contributed by atoms with van der Waals surface area (Å²) < 4.78 is 5.19. The minimum atomic E-state index is -0.481. The van der Waals surface area contributed by atoms with Crippen LogP contribution in [0.4, 0.5) is 11.4 Å². The molecule has 1 heterocycles. The zero-order chi connectivity index (χ0) is 17.8. The SMILES string of the molecule is COc1cccc(-c2[nH][nH]c(=O)c2C=Nc2ccc([N+](=O)[O-])cc2)c1. The molecule has 0 fully saturated rings. The molecule has 0 aliphatic heterocycles. The Labute approximate surface area is 141 Å². The van der Waals surface area contributed by atoms with E-state index in [2.05, 4.69) is 15.2 Å². The first-order chi connectivity index (χ1) is 12.1. The maximum Gasteiger partial charge on any atom is 0.273 e. The average molecular weight is 338 g/mol. The van der Waals surface area contributed by atoms with Crippen molar-refractivity contribution in [1.82, 2.24) is 10.2 Å². The Morgan fingerprint density at radius 1 is 1.16 bits per heavy atom. The summed E-state index contributed by atoms with van der Waals surface area (Å²) in [4.78, 5) is 26.4. The van der Waals surface area contributed by atoms with Crippen molar-refractivity contribution < 1.29 is 9.66 Å². The smallest absolute Gasteiger partial charge is 0.273 e. The third-order valence-electron chi connectivity index (χ3n) is 3.58. The number of nitrogens with one attached hydrogen (secondary N) is 2. The second kappa shape index (κ2) is 6.83. The van der Waals surface area contributed by atoms with Crippen LogP contribution < -0.4 is 10.3 Å². The molecule has 1 aromatic heterocycles. The molecule has 2 aromatic carbocycles. The van der Waals surface area contributed by atoms with E-state index in [4.69, 9.17) is 4.74 Å². The predicted octanol–water partition coefficient (Wildman–Crippen LogP) is 3.04. The number of H-pyrrole nitrogens is 2. The number of rotatable bonds is 5. The van der Waals surface area contributed by atoms with E-state index in [9.17, 15) is 14.9 Å². The van der Waals surface area contributed by atoms with E-state index >= 15 is 0 Å². The fourth-order valence-electron chi connectivity index (χ4n) is 2.30. The van der Waals surface area contributed by atoms with E-state index in [1.165, 1.54) is 30.5 Å². The van der Waals surface area contributed by atoms with E-state index in [0.29, 0.717) is 22.7 Å². The van der Waals surface area contributed by atoms with Gasteiger partial charge in [0.15, 0.2) is 0 Å². The van der Waals surface area contributed by atoms with Crippen LogP contribution in [0.2, 0.25) is 0 Å². The molecule has 0 amide bonds. The van der Waals surface area contributed by atoms with Gasteiger partial charge in [-0.2, -0.15) is 0 Å². The van der Waals surface area contributed by atoms with Gasteiger partial charge in [0.05, 0.1) is 29.0 Å².